The lowest BCUT2D eigenvalue weighted by molar-refractivity contribution is 0.242. The first kappa shape index (κ1) is 16.0. The molecule has 1 N–H and O–H groups in total. The van der Waals surface area contributed by atoms with E-state index in [4.69, 9.17) is 4.74 Å². The first-order valence-corrected chi connectivity index (χ1v) is 8.44. The fourth-order valence-corrected chi connectivity index (χ4v) is 2.89. The minimum atomic E-state index is 0.198. The summed E-state index contributed by atoms with van der Waals surface area (Å²) in [6.07, 6.45) is 4.25. The Morgan fingerprint density at radius 3 is 2.86 bits per heavy atom. The van der Waals surface area contributed by atoms with E-state index in [9.17, 15) is 0 Å². The summed E-state index contributed by atoms with van der Waals surface area (Å²) in [4.78, 5) is 5.48. The molecule has 21 heavy (non-hydrogen) atoms. The van der Waals surface area contributed by atoms with Gasteiger partial charge < -0.3 is 10.1 Å². The van der Waals surface area contributed by atoms with Gasteiger partial charge in [0.1, 0.15) is 5.75 Å². The Morgan fingerprint density at radius 1 is 1.33 bits per heavy atom. The average Bonchev–Trinajstić information content (AvgIpc) is 2.96. The minimum absolute atomic E-state index is 0.198. The smallest absolute Gasteiger partial charge is 0.120 e. The summed E-state index contributed by atoms with van der Waals surface area (Å²) in [5.74, 6) is 0.940. The van der Waals surface area contributed by atoms with Crippen LogP contribution in [0.1, 0.15) is 43.7 Å². The lowest BCUT2D eigenvalue weighted by atomic mass is 10.0. The number of ether oxygens (including phenoxy) is 1. The molecule has 0 saturated heterocycles. The molecule has 3 nitrogen and oxygen atoms in total. The number of benzene rings is 1. The van der Waals surface area contributed by atoms with E-state index >= 15 is 0 Å². The molecule has 0 aliphatic rings. The van der Waals surface area contributed by atoms with Crippen molar-refractivity contribution in [2.45, 2.75) is 45.8 Å². The molecule has 2 aromatic rings. The maximum atomic E-state index is 5.81. The molecule has 1 atom stereocenters. The van der Waals surface area contributed by atoms with Gasteiger partial charge in [0, 0.05) is 23.5 Å². The van der Waals surface area contributed by atoms with E-state index in [1.165, 1.54) is 10.4 Å². The molecule has 1 aromatic carbocycles. The average molecular weight is 304 g/mol. The topological polar surface area (TPSA) is 34.2 Å². The van der Waals surface area contributed by atoms with Crippen LogP contribution in [0.2, 0.25) is 0 Å². The van der Waals surface area contributed by atoms with Crippen molar-refractivity contribution in [2.75, 3.05) is 6.54 Å². The molecule has 0 amide bonds. The maximum Gasteiger partial charge on any atom is 0.120 e. The number of thiazole rings is 1. The van der Waals surface area contributed by atoms with Crippen molar-refractivity contribution in [3.8, 4) is 5.75 Å². The van der Waals surface area contributed by atoms with Crippen molar-refractivity contribution < 1.29 is 4.74 Å². The Morgan fingerprint density at radius 2 is 2.19 bits per heavy atom. The Hall–Kier alpha value is -1.39. The lowest BCUT2D eigenvalue weighted by Gasteiger charge is -2.19. The SMILES string of the molecule is CCCNC(Cc1cncs1)c1cccc(OC(C)C)c1. The summed E-state index contributed by atoms with van der Waals surface area (Å²) in [6, 6.07) is 8.71. The van der Waals surface area contributed by atoms with Crippen LogP contribution in [0.4, 0.5) is 0 Å². The molecule has 0 fully saturated rings. The molecule has 0 spiro atoms. The second kappa shape index (κ2) is 8.15. The van der Waals surface area contributed by atoms with Gasteiger partial charge >= 0.3 is 0 Å². The van der Waals surface area contributed by atoms with Gasteiger partial charge in [-0.15, -0.1) is 11.3 Å². The molecule has 2 rings (SSSR count). The second-order valence-corrected chi connectivity index (χ2v) is 6.39. The number of rotatable bonds is 8. The third-order valence-electron chi connectivity index (χ3n) is 3.16. The summed E-state index contributed by atoms with van der Waals surface area (Å²) in [5.41, 5.74) is 3.17. The number of aromatic nitrogens is 1. The quantitative estimate of drug-likeness (QED) is 0.793. The summed E-state index contributed by atoms with van der Waals surface area (Å²) >= 11 is 1.71. The van der Waals surface area contributed by atoms with Crippen LogP contribution in [0.25, 0.3) is 0 Å². The maximum absolute atomic E-state index is 5.81. The molecule has 114 valence electrons. The highest BCUT2D eigenvalue weighted by molar-refractivity contribution is 7.09. The highest BCUT2D eigenvalue weighted by Crippen LogP contribution is 2.24. The normalized spacial score (nSPS) is 12.6. The van der Waals surface area contributed by atoms with Gasteiger partial charge in [0.15, 0.2) is 0 Å². The van der Waals surface area contributed by atoms with Gasteiger partial charge in [-0.2, -0.15) is 0 Å². The van der Waals surface area contributed by atoms with Gasteiger partial charge in [0.25, 0.3) is 0 Å². The highest BCUT2D eigenvalue weighted by atomic mass is 32.1. The summed E-state index contributed by atoms with van der Waals surface area (Å²) in [5, 5.41) is 3.63. The first-order chi connectivity index (χ1) is 10.2. The first-order valence-electron chi connectivity index (χ1n) is 7.56. The van der Waals surface area contributed by atoms with Crippen LogP contribution < -0.4 is 10.1 Å². The molecule has 1 aromatic heterocycles. The molecule has 1 unspecified atom stereocenters. The largest absolute Gasteiger partial charge is 0.491 e. The van der Waals surface area contributed by atoms with Crippen LogP contribution in [0.3, 0.4) is 0 Å². The van der Waals surface area contributed by atoms with E-state index in [1.54, 1.807) is 11.3 Å². The molecule has 0 aliphatic heterocycles. The van der Waals surface area contributed by atoms with Crippen molar-refractivity contribution in [2.24, 2.45) is 0 Å². The summed E-state index contributed by atoms with van der Waals surface area (Å²) in [6.45, 7) is 7.31. The summed E-state index contributed by atoms with van der Waals surface area (Å²) < 4.78 is 5.81. The highest BCUT2D eigenvalue weighted by Gasteiger charge is 2.13. The van der Waals surface area contributed by atoms with E-state index < -0.39 is 0 Å². The van der Waals surface area contributed by atoms with Crippen LogP contribution in [-0.2, 0) is 6.42 Å². The van der Waals surface area contributed by atoms with E-state index in [2.05, 4.69) is 49.3 Å². The van der Waals surface area contributed by atoms with Gasteiger partial charge in [0.05, 0.1) is 11.6 Å². The zero-order valence-corrected chi connectivity index (χ0v) is 13.8. The Bertz CT molecular complexity index is 525. The fourth-order valence-electron chi connectivity index (χ4n) is 2.25. The van der Waals surface area contributed by atoms with Crippen LogP contribution >= 0.6 is 11.3 Å². The van der Waals surface area contributed by atoms with Crippen LogP contribution in [0, 0.1) is 0 Å². The van der Waals surface area contributed by atoms with Crippen molar-refractivity contribution in [3.63, 3.8) is 0 Å². The number of nitrogens with one attached hydrogen (secondary N) is 1. The Labute approximate surface area is 131 Å². The van der Waals surface area contributed by atoms with Crippen molar-refractivity contribution in [1.82, 2.24) is 10.3 Å². The predicted octanol–water partition coefficient (Wildman–Crippen LogP) is 4.21. The minimum Gasteiger partial charge on any atom is -0.491 e. The van der Waals surface area contributed by atoms with Crippen molar-refractivity contribution in [3.05, 3.63) is 46.4 Å². The third-order valence-corrected chi connectivity index (χ3v) is 3.96. The van der Waals surface area contributed by atoms with Gasteiger partial charge in [0.2, 0.25) is 0 Å². The molecule has 0 aliphatic carbocycles. The molecule has 4 heteroatoms. The molecular formula is C17H24N2OS. The number of hydrogen-bond acceptors (Lipinski definition) is 4. The lowest BCUT2D eigenvalue weighted by Crippen LogP contribution is -2.24. The van der Waals surface area contributed by atoms with Crippen LogP contribution in [0.5, 0.6) is 5.75 Å². The van der Waals surface area contributed by atoms with Crippen molar-refractivity contribution >= 4 is 11.3 Å². The third kappa shape index (κ3) is 5.14. The molecule has 0 saturated carbocycles. The predicted molar refractivity (Wildman–Crippen MR) is 89.1 cm³/mol. The van der Waals surface area contributed by atoms with Gasteiger partial charge in [-0.25, -0.2) is 0 Å². The van der Waals surface area contributed by atoms with E-state index in [-0.39, 0.29) is 6.10 Å². The van der Waals surface area contributed by atoms with Gasteiger partial charge in [-0.05, 0) is 44.5 Å². The van der Waals surface area contributed by atoms with E-state index in [0.29, 0.717) is 6.04 Å². The molecule has 0 bridgehead atoms. The van der Waals surface area contributed by atoms with E-state index in [1.807, 2.05) is 17.8 Å². The Balaban J connectivity index is 2.14. The van der Waals surface area contributed by atoms with Crippen molar-refractivity contribution in [1.29, 1.82) is 0 Å². The Kier molecular flexibility index (Phi) is 6.21. The van der Waals surface area contributed by atoms with Crippen LogP contribution in [0.15, 0.2) is 36.0 Å². The number of nitrogens with zero attached hydrogens (tertiary/aromatic N) is 1. The molecular weight excluding hydrogens is 280 g/mol. The monoisotopic (exact) mass is 304 g/mol. The molecule has 1 heterocycles. The molecule has 0 radical (unpaired) electrons. The summed E-state index contributed by atoms with van der Waals surface area (Å²) in [7, 11) is 0. The van der Waals surface area contributed by atoms with E-state index in [0.717, 1.165) is 25.1 Å². The standard InChI is InChI=1S/C17H24N2OS/c1-4-8-19-17(10-16-11-18-12-21-16)14-6-5-7-15(9-14)20-13(2)3/h5-7,9,11-13,17,19H,4,8,10H2,1-3H3. The zero-order chi connectivity index (χ0) is 15.1. The fraction of sp³-hybridized carbons (Fsp3) is 0.471. The van der Waals surface area contributed by atoms with Gasteiger partial charge in [-0.1, -0.05) is 19.1 Å². The van der Waals surface area contributed by atoms with Crippen LogP contribution in [-0.4, -0.2) is 17.6 Å². The second-order valence-electron chi connectivity index (χ2n) is 5.42. The zero-order valence-electron chi connectivity index (χ0n) is 13.0. The van der Waals surface area contributed by atoms with Gasteiger partial charge in [-0.3, -0.25) is 4.98 Å². The number of hydrogen-bond donors (Lipinski definition) is 1.